The number of rotatable bonds is 2. The van der Waals surface area contributed by atoms with Gasteiger partial charge in [-0.15, -0.1) is 0 Å². The fourth-order valence-electron chi connectivity index (χ4n) is 1.42. The average molecular weight is 192 g/mol. The van der Waals surface area contributed by atoms with Crippen LogP contribution in [0.2, 0.25) is 0 Å². The standard InChI is InChI=1S/C11H12O3/c1-7(12)10-6-8-4-3-5-9(13-2)11(8)14-10/h3-7,12H,1-2H3/t7-/m0/s1. The Kier molecular flexibility index (Phi) is 2.17. The molecule has 3 heteroatoms. The second-order valence-corrected chi connectivity index (χ2v) is 3.20. The van der Waals surface area contributed by atoms with Gasteiger partial charge in [0.25, 0.3) is 0 Å². The Morgan fingerprint density at radius 2 is 2.21 bits per heavy atom. The van der Waals surface area contributed by atoms with Gasteiger partial charge >= 0.3 is 0 Å². The molecule has 74 valence electrons. The van der Waals surface area contributed by atoms with Crippen LogP contribution in [-0.4, -0.2) is 12.2 Å². The maximum Gasteiger partial charge on any atom is 0.176 e. The highest BCUT2D eigenvalue weighted by atomic mass is 16.5. The molecule has 0 saturated heterocycles. The lowest BCUT2D eigenvalue weighted by molar-refractivity contribution is 0.172. The number of benzene rings is 1. The number of aliphatic hydroxyl groups excluding tert-OH is 1. The summed E-state index contributed by atoms with van der Waals surface area (Å²) >= 11 is 0. The summed E-state index contributed by atoms with van der Waals surface area (Å²) in [5.74, 6) is 1.25. The molecular formula is C11H12O3. The Bertz CT molecular complexity index is 443. The summed E-state index contributed by atoms with van der Waals surface area (Å²) in [6, 6.07) is 7.47. The van der Waals surface area contributed by atoms with Crippen LogP contribution in [0.5, 0.6) is 5.75 Å². The maximum atomic E-state index is 9.35. The van der Waals surface area contributed by atoms with Crippen molar-refractivity contribution in [3.63, 3.8) is 0 Å². The van der Waals surface area contributed by atoms with Gasteiger partial charge in [0.1, 0.15) is 11.9 Å². The first-order chi connectivity index (χ1) is 6.72. The Labute approximate surface area is 81.9 Å². The molecule has 0 amide bonds. The normalized spacial score (nSPS) is 13.1. The highest BCUT2D eigenvalue weighted by Crippen LogP contribution is 2.30. The van der Waals surface area contributed by atoms with E-state index in [9.17, 15) is 5.11 Å². The zero-order valence-corrected chi connectivity index (χ0v) is 8.15. The van der Waals surface area contributed by atoms with Crippen LogP contribution >= 0.6 is 0 Å². The molecule has 1 aromatic carbocycles. The third kappa shape index (κ3) is 1.36. The van der Waals surface area contributed by atoms with Crippen LogP contribution in [-0.2, 0) is 0 Å². The van der Waals surface area contributed by atoms with Crippen LogP contribution in [0.4, 0.5) is 0 Å². The fourth-order valence-corrected chi connectivity index (χ4v) is 1.42. The SMILES string of the molecule is COc1cccc2cc([C@H](C)O)oc12. The lowest BCUT2D eigenvalue weighted by atomic mass is 10.2. The molecule has 0 bridgehead atoms. The van der Waals surface area contributed by atoms with Crippen molar-refractivity contribution in [1.29, 1.82) is 0 Å². The second-order valence-electron chi connectivity index (χ2n) is 3.20. The van der Waals surface area contributed by atoms with E-state index in [-0.39, 0.29) is 0 Å². The lowest BCUT2D eigenvalue weighted by Gasteiger charge is -1.99. The summed E-state index contributed by atoms with van der Waals surface area (Å²) in [6.07, 6.45) is -0.591. The number of aliphatic hydroxyl groups is 1. The molecule has 0 aliphatic rings. The Balaban J connectivity index is 2.64. The van der Waals surface area contributed by atoms with E-state index in [1.165, 1.54) is 0 Å². The van der Waals surface area contributed by atoms with Crippen molar-refractivity contribution in [2.75, 3.05) is 7.11 Å². The number of fused-ring (bicyclic) bond motifs is 1. The van der Waals surface area contributed by atoms with Gasteiger partial charge in [0.05, 0.1) is 7.11 Å². The minimum atomic E-state index is -0.591. The number of furan rings is 1. The topological polar surface area (TPSA) is 42.6 Å². The molecule has 0 radical (unpaired) electrons. The number of hydrogen-bond acceptors (Lipinski definition) is 3. The first-order valence-electron chi connectivity index (χ1n) is 4.47. The molecule has 3 nitrogen and oxygen atoms in total. The molecule has 0 unspecified atom stereocenters. The highest BCUT2D eigenvalue weighted by molar-refractivity contribution is 5.83. The van der Waals surface area contributed by atoms with Gasteiger partial charge in [-0.05, 0) is 19.1 Å². The third-order valence-corrected chi connectivity index (χ3v) is 2.16. The summed E-state index contributed by atoms with van der Waals surface area (Å²) in [5.41, 5.74) is 0.686. The van der Waals surface area contributed by atoms with Crippen LogP contribution in [0.15, 0.2) is 28.7 Å². The van der Waals surface area contributed by atoms with Crippen LogP contribution in [0.25, 0.3) is 11.0 Å². The summed E-state index contributed by atoms with van der Waals surface area (Å²) in [7, 11) is 1.60. The van der Waals surface area contributed by atoms with Gasteiger partial charge in [-0.25, -0.2) is 0 Å². The minimum Gasteiger partial charge on any atom is -0.493 e. The molecule has 0 spiro atoms. The first kappa shape index (κ1) is 9.09. The van der Waals surface area contributed by atoms with Gasteiger partial charge in [0, 0.05) is 5.39 Å². The largest absolute Gasteiger partial charge is 0.493 e. The lowest BCUT2D eigenvalue weighted by Crippen LogP contribution is -1.85. The van der Waals surface area contributed by atoms with E-state index in [2.05, 4.69) is 0 Å². The van der Waals surface area contributed by atoms with Crippen molar-refractivity contribution in [2.45, 2.75) is 13.0 Å². The molecule has 0 saturated carbocycles. The van der Waals surface area contributed by atoms with E-state index in [1.54, 1.807) is 14.0 Å². The van der Waals surface area contributed by atoms with Gasteiger partial charge in [-0.1, -0.05) is 12.1 Å². The number of ether oxygens (including phenoxy) is 1. The molecule has 2 aromatic rings. The second kappa shape index (κ2) is 3.35. The first-order valence-corrected chi connectivity index (χ1v) is 4.47. The minimum absolute atomic E-state index is 0.560. The van der Waals surface area contributed by atoms with Gasteiger partial charge in [0.2, 0.25) is 0 Å². The van der Waals surface area contributed by atoms with Crippen molar-refractivity contribution in [2.24, 2.45) is 0 Å². The summed E-state index contributed by atoms with van der Waals surface area (Å²) in [6.45, 7) is 1.67. The van der Waals surface area contributed by atoms with Crippen molar-refractivity contribution in [3.05, 3.63) is 30.0 Å². The maximum absolute atomic E-state index is 9.35. The average Bonchev–Trinajstić information content (AvgIpc) is 2.60. The van der Waals surface area contributed by atoms with Crippen molar-refractivity contribution >= 4 is 11.0 Å². The van der Waals surface area contributed by atoms with E-state index < -0.39 is 6.10 Å². The predicted octanol–water partition coefficient (Wildman–Crippen LogP) is 2.49. The summed E-state index contributed by atoms with van der Waals surface area (Å²) in [5, 5.41) is 10.3. The van der Waals surface area contributed by atoms with Crippen LogP contribution in [0, 0.1) is 0 Å². The van der Waals surface area contributed by atoms with Gasteiger partial charge in [-0.2, -0.15) is 0 Å². The zero-order chi connectivity index (χ0) is 10.1. The molecule has 14 heavy (non-hydrogen) atoms. The number of methoxy groups -OCH3 is 1. The third-order valence-electron chi connectivity index (χ3n) is 2.16. The van der Waals surface area contributed by atoms with Gasteiger partial charge in [0.15, 0.2) is 11.3 Å². The zero-order valence-electron chi connectivity index (χ0n) is 8.15. The number of para-hydroxylation sites is 1. The van der Waals surface area contributed by atoms with Crippen molar-refractivity contribution in [1.82, 2.24) is 0 Å². The molecule has 1 N–H and O–H groups in total. The molecule has 0 aliphatic carbocycles. The quantitative estimate of drug-likeness (QED) is 0.794. The summed E-state index contributed by atoms with van der Waals surface area (Å²) in [4.78, 5) is 0. The Hall–Kier alpha value is -1.48. The van der Waals surface area contributed by atoms with E-state index in [1.807, 2.05) is 24.3 Å². The Morgan fingerprint density at radius 1 is 1.43 bits per heavy atom. The molecule has 1 atom stereocenters. The van der Waals surface area contributed by atoms with Crippen LogP contribution in [0.3, 0.4) is 0 Å². The molecule has 0 fully saturated rings. The van der Waals surface area contributed by atoms with E-state index >= 15 is 0 Å². The number of hydrogen-bond donors (Lipinski definition) is 1. The molecule has 1 aromatic heterocycles. The van der Waals surface area contributed by atoms with E-state index in [0.29, 0.717) is 17.1 Å². The van der Waals surface area contributed by atoms with E-state index in [4.69, 9.17) is 9.15 Å². The molecular weight excluding hydrogens is 180 g/mol. The molecule has 0 aliphatic heterocycles. The molecule has 1 heterocycles. The fraction of sp³-hybridized carbons (Fsp3) is 0.273. The van der Waals surface area contributed by atoms with E-state index in [0.717, 1.165) is 5.39 Å². The predicted molar refractivity (Wildman–Crippen MR) is 53.4 cm³/mol. The molecule has 2 rings (SSSR count). The smallest absolute Gasteiger partial charge is 0.176 e. The van der Waals surface area contributed by atoms with Gasteiger partial charge < -0.3 is 14.3 Å². The van der Waals surface area contributed by atoms with Crippen molar-refractivity contribution < 1.29 is 14.3 Å². The van der Waals surface area contributed by atoms with Gasteiger partial charge in [-0.3, -0.25) is 0 Å². The monoisotopic (exact) mass is 192 g/mol. The van der Waals surface area contributed by atoms with Crippen LogP contribution in [0.1, 0.15) is 18.8 Å². The highest BCUT2D eigenvalue weighted by Gasteiger charge is 2.11. The van der Waals surface area contributed by atoms with Crippen molar-refractivity contribution in [3.8, 4) is 5.75 Å². The summed E-state index contributed by atoms with van der Waals surface area (Å²) < 4.78 is 10.6. The van der Waals surface area contributed by atoms with Crippen LogP contribution < -0.4 is 4.74 Å². The Morgan fingerprint density at radius 3 is 2.86 bits per heavy atom.